The van der Waals surface area contributed by atoms with E-state index in [0.29, 0.717) is 16.0 Å². The van der Waals surface area contributed by atoms with Gasteiger partial charge in [0.05, 0.1) is 4.90 Å². The molecule has 84 valence electrons. The van der Waals surface area contributed by atoms with Crippen LogP contribution in [-0.2, 0) is 10.0 Å². The summed E-state index contributed by atoms with van der Waals surface area (Å²) in [6, 6.07) is 3.13. The first-order valence-electron chi connectivity index (χ1n) is 4.33. The van der Waals surface area contributed by atoms with Crippen LogP contribution >= 0.6 is 27.5 Å². The summed E-state index contributed by atoms with van der Waals surface area (Å²) in [4.78, 5) is 0.167. The summed E-state index contributed by atoms with van der Waals surface area (Å²) in [6.07, 6.45) is 0. The number of nitrogens with one attached hydrogen (secondary N) is 1. The second kappa shape index (κ2) is 4.82. The molecule has 0 radical (unpaired) electrons. The molecule has 1 aromatic rings. The van der Waals surface area contributed by atoms with Crippen molar-refractivity contribution in [3.63, 3.8) is 0 Å². The van der Waals surface area contributed by atoms with Crippen LogP contribution in [0.15, 0.2) is 21.5 Å². The first-order valence-corrected chi connectivity index (χ1v) is 6.99. The zero-order chi connectivity index (χ0) is 11.6. The van der Waals surface area contributed by atoms with E-state index in [1.165, 1.54) is 6.07 Å². The minimum Gasteiger partial charge on any atom is -0.211 e. The fourth-order valence-electron chi connectivity index (χ4n) is 1.10. The van der Waals surface area contributed by atoms with Crippen LogP contribution in [-0.4, -0.2) is 15.0 Å². The lowest BCUT2D eigenvalue weighted by Gasteiger charge is -2.08. The Morgan fingerprint density at radius 2 is 2.07 bits per heavy atom. The highest BCUT2D eigenvalue weighted by atomic mass is 79.9. The monoisotopic (exact) mass is 311 g/mol. The first-order chi connectivity index (χ1) is 6.88. The van der Waals surface area contributed by atoms with Crippen molar-refractivity contribution < 1.29 is 8.42 Å². The Balaban J connectivity index is 3.33. The highest BCUT2D eigenvalue weighted by molar-refractivity contribution is 9.10. The number of hydrogen-bond acceptors (Lipinski definition) is 2. The molecule has 0 amide bonds. The van der Waals surface area contributed by atoms with Crippen LogP contribution in [0.4, 0.5) is 0 Å². The molecule has 15 heavy (non-hydrogen) atoms. The summed E-state index contributed by atoms with van der Waals surface area (Å²) < 4.78 is 26.4. The third-order valence-corrected chi connectivity index (χ3v) is 4.75. The third kappa shape index (κ3) is 2.93. The van der Waals surface area contributed by atoms with Gasteiger partial charge in [0.25, 0.3) is 0 Å². The number of halogens is 2. The quantitative estimate of drug-likeness (QED) is 0.933. The zero-order valence-corrected chi connectivity index (χ0v) is 11.5. The second-order valence-electron chi connectivity index (χ2n) is 3.03. The molecule has 1 aromatic carbocycles. The maximum Gasteiger partial charge on any atom is 0.241 e. The first kappa shape index (κ1) is 13.0. The average molecular weight is 313 g/mol. The predicted molar refractivity (Wildman–Crippen MR) is 64.8 cm³/mol. The fraction of sp³-hybridized carbons (Fsp3) is 0.333. The van der Waals surface area contributed by atoms with Gasteiger partial charge in [0, 0.05) is 16.0 Å². The van der Waals surface area contributed by atoms with E-state index in [9.17, 15) is 8.42 Å². The van der Waals surface area contributed by atoms with Gasteiger partial charge in [-0.25, -0.2) is 13.1 Å². The number of sulfonamides is 1. The van der Waals surface area contributed by atoms with E-state index >= 15 is 0 Å². The number of hydrogen-bond donors (Lipinski definition) is 1. The molecule has 0 saturated heterocycles. The maximum absolute atomic E-state index is 11.7. The molecule has 0 spiro atoms. The highest BCUT2D eigenvalue weighted by Crippen LogP contribution is 2.28. The van der Waals surface area contributed by atoms with Crippen molar-refractivity contribution in [2.45, 2.75) is 18.7 Å². The highest BCUT2D eigenvalue weighted by Gasteiger charge is 2.17. The summed E-state index contributed by atoms with van der Waals surface area (Å²) >= 11 is 9.09. The third-order valence-electron chi connectivity index (χ3n) is 1.84. The van der Waals surface area contributed by atoms with E-state index in [1.54, 1.807) is 13.0 Å². The van der Waals surface area contributed by atoms with Crippen LogP contribution in [0.2, 0.25) is 5.02 Å². The normalized spacial score (nSPS) is 11.7. The van der Waals surface area contributed by atoms with E-state index < -0.39 is 10.0 Å². The van der Waals surface area contributed by atoms with Crippen LogP contribution in [0.1, 0.15) is 12.5 Å². The molecule has 0 atom stereocenters. The molecule has 0 fully saturated rings. The van der Waals surface area contributed by atoms with Crippen molar-refractivity contribution >= 4 is 37.6 Å². The minimum atomic E-state index is -3.46. The zero-order valence-electron chi connectivity index (χ0n) is 8.34. The molecule has 0 bridgehead atoms. The molecule has 3 nitrogen and oxygen atoms in total. The van der Waals surface area contributed by atoms with Crippen LogP contribution in [0.25, 0.3) is 0 Å². The smallest absolute Gasteiger partial charge is 0.211 e. The van der Waals surface area contributed by atoms with Crippen LogP contribution < -0.4 is 4.72 Å². The van der Waals surface area contributed by atoms with Gasteiger partial charge < -0.3 is 0 Å². The molecule has 0 unspecified atom stereocenters. The van der Waals surface area contributed by atoms with Crippen molar-refractivity contribution in [3.05, 3.63) is 27.2 Å². The van der Waals surface area contributed by atoms with E-state index in [0.717, 1.165) is 5.56 Å². The fourth-order valence-corrected chi connectivity index (χ4v) is 3.55. The van der Waals surface area contributed by atoms with Gasteiger partial charge in [0.2, 0.25) is 10.0 Å². The Kier molecular flexibility index (Phi) is 4.17. The van der Waals surface area contributed by atoms with Crippen LogP contribution in [0.5, 0.6) is 0 Å². The van der Waals surface area contributed by atoms with Crippen molar-refractivity contribution in [1.82, 2.24) is 4.72 Å². The van der Waals surface area contributed by atoms with Crippen molar-refractivity contribution in [2.24, 2.45) is 0 Å². The molecule has 0 heterocycles. The summed E-state index contributed by atoms with van der Waals surface area (Å²) in [6.45, 7) is 3.89. The lowest BCUT2D eigenvalue weighted by molar-refractivity contribution is 0.583. The molecular formula is C9H11BrClNO2S. The van der Waals surface area contributed by atoms with Gasteiger partial charge in [0.15, 0.2) is 0 Å². The summed E-state index contributed by atoms with van der Waals surface area (Å²) in [5.41, 5.74) is 0.832. The molecular weight excluding hydrogens is 302 g/mol. The molecule has 0 aliphatic carbocycles. The van der Waals surface area contributed by atoms with E-state index in [-0.39, 0.29) is 4.90 Å². The van der Waals surface area contributed by atoms with Crippen molar-refractivity contribution in [3.8, 4) is 0 Å². The number of aryl methyl sites for hydroxylation is 1. The molecule has 0 aliphatic rings. The van der Waals surface area contributed by atoms with E-state index in [1.807, 2.05) is 6.92 Å². The Hall–Kier alpha value is -0.100. The standard InChI is InChI=1S/C9H11BrClNO2S/c1-3-12-15(13,14)9-5-8(11)6(2)4-7(9)10/h4-5,12H,3H2,1-2H3. The Labute approximate surface area is 103 Å². The van der Waals surface area contributed by atoms with Gasteiger partial charge in [-0.1, -0.05) is 18.5 Å². The van der Waals surface area contributed by atoms with Gasteiger partial charge >= 0.3 is 0 Å². The van der Waals surface area contributed by atoms with Crippen molar-refractivity contribution in [1.29, 1.82) is 0 Å². The van der Waals surface area contributed by atoms with Crippen molar-refractivity contribution in [2.75, 3.05) is 6.54 Å². The van der Waals surface area contributed by atoms with Gasteiger partial charge in [-0.05, 0) is 40.5 Å². The van der Waals surface area contributed by atoms with Gasteiger partial charge in [0.1, 0.15) is 0 Å². The largest absolute Gasteiger partial charge is 0.241 e. The van der Waals surface area contributed by atoms with Gasteiger partial charge in [-0.15, -0.1) is 0 Å². The average Bonchev–Trinajstić information content (AvgIpc) is 2.11. The summed E-state index contributed by atoms with van der Waals surface area (Å²) in [5.74, 6) is 0. The molecule has 0 aromatic heterocycles. The Bertz CT molecular complexity index is 473. The lowest BCUT2D eigenvalue weighted by Crippen LogP contribution is -2.23. The summed E-state index contributed by atoms with van der Waals surface area (Å²) in [5, 5.41) is 0.440. The topological polar surface area (TPSA) is 46.2 Å². The maximum atomic E-state index is 11.7. The Morgan fingerprint density at radius 1 is 1.47 bits per heavy atom. The second-order valence-corrected chi connectivity index (χ2v) is 6.03. The van der Waals surface area contributed by atoms with E-state index in [4.69, 9.17) is 11.6 Å². The number of benzene rings is 1. The van der Waals surface area contributed by atoms with E-state index in [2.05, 4.69) is 20.7 Å². The molecule has 6 heteroatoms. The van der Waals surface area contributed by atoms with Gasteiger partial charge in [-0.2, -0.15) is 0 Å². The lowest BCUT2D eigenvalue weighted by atomic mass is 10.2. The SMILES string of the molecule is CCNS(=O)(=O)c1cc(Cl)c(C)cc1Br. The van der Waals surface area contributed by atoms with Crippen LogP contribution in [0, 0.1) is 6.92 Å². The van der Waals surface area contributed by atoms with Gasteiger partial charge in [-0.3, -0.25) is 0 Å². The minimum absolute atomic E-state index is 0.167. The molecule has 1 rings (SSSR count). The summed E-state index contributed by atoms with van der Waals surface area (Å²) in [7, 11) is -3.46. The van der Waals surface area contributed by atoms with Crippen LogP contribution in [0.3, 0.4) is 0 Å². The number of rotatable bonds is 3. The molecule has 0 saturated carbocycles. The Morgan fingerprint density at radius 3 is 2.60 bits per heavy atom. The molecule has 0 aliphatic heterocycles. The molecule has 1 N–H and O–H groups in total. The predicted octanol–water partition coefficient (Wildman–Crippen LogP) is 2.71.